The van der Waals surface area contributed by atoms with Crippen LogP contribution in [0.25, 0.3) is 0 Å². The Morgan fingerprint density at radius 3 is 2.77 bits per heavy atom. The summed E-state index contributed by atoms with van der Waals surface area (Å²) in [7, 11) is 0. The average molecular weight is 271 g/mol. The summed E-state index contributed by atoms with van der Waals surface area (Å²) in [5.74, 6) is -1.39. The van der Waals surface area contributed by atoms with E-state index in [1.807, 2.05) is 21.2 Å². The molecule has 0 spiro atoms. The molecule has 1 aromatic rings. The van der Waals surface area contributed by atoms with E-state index in [-0.39, 0.29) is 0 Å². The minimum atomic E-state index is -3.54. The molecule has 0 atom stereocenters. The molecular formula is C6H5BrF2N2OS. The quantitative estimate of drug-likeness (QED) is 0.839. The summed E-state index contributed by atoms with van der Waals surface area (Å²) in [5.41, 5.74) is 0.679. The van der Waals surface area contributed by atoms with E-state index in [1.54, 1.807) is 6.92 Å². The lowest BCUT2D eigenvalue weighted by molar-refractivity contribution is -0.128. The molecule has 1 amide bonds. The second-order valence-electron chi connectivity index (χ2n) is 2.28. The molecule has 1 aromatic heterocycles. The van der Waals surface area contributed by atoms with Crippen molar-refractivity contribution in [2.75, 3.05) is 5.32 Å². The SMILES string of the molecule is Cc1cc(NC(=O)C(F)(F)Br)sn1. The molecule has 0 fully saturated rings. The molecule has 13 heavy (non-hydrogen) atoms. The lowest BCUT2D eigenvalue weighted by Gasteiger charge is -2.06. The third kappa shape index (κ3) is 3.00. The Balaban J connectivity index is 2.65. The molecule has 3 nitrogen and oxygen atoms in total. The summed E-state index contributed by atoms with van der Waals surface area (Å²) in [6, 6.07) is 1.52. The fourth-order valence-electron chi connectivity index (χ4n) is 0.605. The molecule has 0 aliphatic heterocycles. The van der Waals surface area contributed by atoms with Crippen molar-refractivity contribution in [3.05, 3.63) is 11.8 Å². The number of nitrogens with zero attached hydrogens (tertiary/aromatic N) is 1. The molecule has 0 radical (unpaired) electrons. The molecule has 72 valence electrons. The monoisotopic (exact) mass is 270 g/mol. The van der Waals surface area contributed by atoms with Crippen molar-refractivity contribution in [3.63, 3.8) is 0 Å². The van der Waals surface area contributed by atoms with Crippen molar-refractivity contribution >= 4 is 38.4 Å². The fourth-order valence-corrected chi connectivity index (χ4v) is 1.36. The number of hydrogen-bond acceptors (Lipinski definition) is 3. The maximum absolute atomic E-state index is 12.3. The zero-order valence-electron chi connectivity index (χ0n) is 6.47. The first-order chi connectivity index (χ1) is 5.89. The van der Waals surface area contributed by atoms with Crippen LogP contribution < -0.4 is 5.32 Å². The average Bonchev–Trinajstić information content (AvgIpc) is 2.33. The van der Waals surface area contributed by atoms with Crippen molar-refractivity contribution in [1.29, 1.82) is 0 Å². The topological polar surface area (TPSA) is 42.0 Å². The highest BCUT2D eigenvalue weighted by atomic mass is 79.9. The minimum absolute atomic E-state index is 0.307. The highest BCUT2D eigenvalue weighted by Gasteiger charge is 2.35. The molecule has 0 saturated carbocycles. The maximum atomic E-state index is 12.3. The second-order valence-corrected chi connectivity index (χ2v) is 4.09. The van der Waals surface area contributed by atoms with E-state index >= 15 is 0 Å². The van der Waals surface area contributed by atoms with Gasteiger partial charge in [0, 0.05) is 15.9 Å². The van der Waals surface area contributed by atoms with Gasteiger partial charge in [-0.3, -0.25) is 4.79 Å². The number of aromatic nitrogens is 1. The van der Waals surface area contributed by atoms with Gasteiger partial charge in [0.25, 0.3) is 0 Å². The molecule has 1 rings (SSSR count). The van der Waals surface area contributed by atoms with E-state index in [4.69, 9.17) is 0 Å². The first-order valence-corrected chi connectivity index (χ1v) is 4.78. The summed E-state index contributed by atoms with van der Waals surface area (Å²) in [5, 5.41) is 2.33. The molecule has 0 bridgehead atoms. The molecule has 1 heterocycles. The highest BCUT2D eigenvalue weighted by molar-refractivity contribution is 9.10. The molecule has 0 unspecified atom stereocenters. The molecule has 0 aliphatic rings. The summed E-state index contributed by atoms with van der Waals surface area (Å²) in [6.07, 6.45) is 0. The number of carbonyl (C=O) groups excluding carboxylic acids is 1. The van der Waals surface area contributed by atoms with Crippen LogP contribution in [-0.4, -0.2) is 15.1 Å². The predicted octanol–water partition coefficient (Wildman–Crippen LogP) is 2.38. The van der Waals surface area contributed by atoms with Crippen molar-refractivity contribution in [1.82, 2.24) is 4.37 Å². The van der Waals surface area contributed by atoms with E-state index in [0.29, 0.717) is 10.7 Å². The number of amides is 1. The van der Waals surface area contributed by atoms with Crippen molar-refractivity contribution in [2.24, 2.45) is 0 Å². The number of hydrogen-bond donors (Lipinski definition) is 1. The molecular weight excluding hydrogens is 266 g/mol. The fraction of sp³-hybridized carbons (Fsp3) is 0.333. The highest BCUT2D eigenvalue weighted by Crippen LogP contribution is 2.25. The van der Waals surface area contributed by atoms with Crippen LogP contribution in [0.1, 0.15) is 5.69 Å². The van der Waals surface area contributed by atoms with Crippen LogP contribution in [0, 0.1) is 6.92 Å². The smallest absolute Gasteiger partial charge is 0.310 e. The molecule has 0 aliphatic carbocycles. The van der Waals surface area contributed by atoms with Gasteiger partial charge in [-0.05, 0) is 24.5 Å². The van der Waals surface area contributed by atoms with Gasteiger partial charge in [0.2, 0.25) is 0 Å². The van der Waals surface area contributed by atoms with E-state index in [0.717, 1.165) is 11.5 Å². The molecule has 0 saturated heterocycles. The van der Waals surface area contributed by atoms with Gasteiger partial charge < -0.3 is 5.32 Å². The maximum Gasteiger partial charge on any atom is 0.378 e. The van der Waals surface area contributed by atoms with E-state index < -0.39 is 10.7 Å². The lowest BCUT2D eigenvalue weighted by atomic mass is 10.5. The standard InChI is InChI=1S/C6H5BrF2N2OS/c1-3-2-4(13-11-3)10-5(12)6(7,8)9/h2H,1H3,(H,10,12). The molecule has 0 aromatic carbocycles. The third-order valence-corrected chi connectivity index (χ3v) is 2.28. The van der Waals surface area contributed by atoms with E-state index in [1.165, 1.54) is 6.07 Å². The van der Waals surface area contributed by atoms with Gasteiger partial charge >= 0.3 is 10.7 Å². The van der Waals surface area contributed by atoms with Gasteiger partial charge in [-0.1, -0.05) is 0 Å². The predicted molar refractivity (Wildman–Crippen MR) is 49.4 cm³/mol. The first-order valence-electron chi connectivity index (χ1n) is 3.21. The Morgan fingerprint density at radius 2 is 2.38 bits per heavy atom. The number of halogens is 3. The minimum Gasteiger partial charge on any atom is -0.310 e. The van der Waals surface area contributed by atoms with Crippen LogP contribution in [0.15, 0.2) is 6.07 Å². The Morgan fingerprint density at radius 1 is 1.77 bits per heavy atom. The summed E-state index contributed by atoms with van der Waals surface area (Å²) < 4.78 is 28.4. The Kier molecular flexibility index (Phi) is 2.97. The van der Waals surface area contributed by atoms with E-state index in [9.17, 15) is 13.6 Å². The van der Waals surface area contributed by atoms with Crippen LogP contribution in [-0.2, 0) is 4.79 Å². The number of alkyl halides is 3. The van der Waals surface area contributed by atoms with Gasteiger partial charge in [-0.15, -0.1) is 0 Å². The summed E-state index contributed by atoms with van der Waals surface area (Å²) in [6.45, 7) is 1.71. The van der Waals surface area contributed by atoms with Gasteiger partial charge in [0.15, 0.2) is 0 Å². The van der Waals surface area contributed by atoms with Crippen LogP contribution in [0.5, 0.6) is 0 Å². The Hall–Kier alpha value is -0.560. The normalized spacial score (nSPS) is 11.4. The Labute approximate surface area is 85.4 Å². The molecule has 1 N–H and O–H groups in total. The summed E-state index contributed by atoms with van der Waals surface area (Å²) >= 11 is 2.90. The summed E-state index contributed by atoms with van der Waals surface area (Å²) in [4.78, 5) is 7.18. The number of aryl methyl sites for hydroxylation is 1. The van der Waals surface area contributed by atoms with Crippen molar-refractivity contribution < 1.29 is 13.6 Å². The first kappa shape index (κ1) is 10.5. The van der Waals surface area contributed by atoms with Crippen molar-refractivity contribution in [2.45, 2.75) is 11.8 Å². The van der Waals surface area contributed by atoms with Crippen LogP contribution in [0.2, 0.25) is 0 Å². The molecule has 7 heteroatoms. The lowest BCUT2D eigenvalue weighted by Crippen LogP contribution is -2.27. The number of nitrogens with one attached hydrogen (secondary N) is 1. The van der Waals surface area contributed by atoms with Crippen LogP contribution in [0.4, 0.5) is 13.8 Å². The van der Waals surface area contributed by atoms with Gasteiger partial charge in [0.05, 0.1) is 5.69 Å². The van der Waals surface area contributed by atoms with Gasteiger partial charge in [0.1, 0.15) is 5.00 Å². The van der Waals surface area contributed by atoms with Gasteiger partial charge in [-0.25, -0.2) is 0 Å². The van der Waals surface area contributed by atoms with Crippen LogP contribution >= 0.6 is 27.5 Å². The number of carbonyl (C=O) groups is 1. The van der Waals surface area contributed by atoms with Crippen LogP contribution in [0.3, 0.4) is 0 Å². The second kappa shape index (κ2) is 3.67. The zero-order chi connectivity index (χ0) is 10.1. The Bertz CT molecular complexity index is 323. The van der Waals surface area contributed by atoms with E-state index in [2.05, 4.69) is 4.37 Å². The van der Waals surface area contributed by atoms with Gasteiger partial charge in [-0.2, -0.15) is 13.2 Å². The zero-order valence-corrected chi connectivity index (χ0v) is 8.88. The number of anilines is 1. The van der Waals surface area contributed by atoms with Crippen molar-refractivity contribution in [3.8, 4) is 0 Å². The third-order valence-electron chi connectivity index (χ3n) is 1.12. The number of rotatable bonds is 2. The largest absolute Gasteiger partial charge is 0.378 e.